The van der Waals surface area contributed by atoms with Gasteiger partial charge in [-0.3, -0.25) is 14.5 Å². The van der Waals surface area contributed by atoms with Gasteiger partial charge in [-0.1, -0.05) is 12.1 Å². The number of nitrogens with one attached hydrogen (secondary N) is 1. The molecule has 2 aliphatic heterocycles. The van der Waals surface area contributed by atoms with E-state index in [2.05, 4.69) is 0 Å². The molecular weight excluding hydrogens is 367 g/mol. The van der Waals surface area contributed by atoms with Crippen molar-refractivity contribution in [2.45, 2.75) is 4.90 Å². The number of carbonyl (C=O) groups excluding carboxylic acids is 3. The number of halogens is 1. The van der Waals surface area contributed by atoms with Crippen molar-refractivity contribution in [2.24, 2.45) is 0 Å². The molecule has 1 aromatic carbocycles. The summed E-state index contributed by atoms with van der Waals surface area (Å²) < 4.78 is 40.1. The highest BCUT2D eigenvalue weighted by Gasteiger charge is 2.44. The maximum absolute atomic E-state index is 13.8. The number of amides is 4. The molecule has 1 aromatic rings. The number of urea groups is 1. The second-order valence-electron chi connectivity index (χ2n) is 6.12. The summed E-state index contributed by atoms with van der Waals surface area (Å²) in [6.45, 7) is 0.866. The molecular formula is C15H18FN4O5S+. The van der Waals surface area contributed by atoms with Gasteiger partial charge in [-0.25, -0.2) is 22.5 Å². The van der Waals surface area contributed by atoms with Crippen molar-refractivity contribution in [3.05, 3.63) is 30.1 Å². The zero-order valence-corrected chi connectivity index (χ0v) is 14.8. The van der Waals surface area contributed by atoms with Crippen LogP contribution < -0.4 is 4.90 Å². The highest BCUT2D eigenvalue weighted by Crippen LogP contribution is 2.18. The lowest BCUT2D eigenvalue weighted by atomic mass is 10.3. The maximum atomic E-state index is 13.8. The highest BCUT2D eigenvalue weighted by molar-refractivity contribution is 7.89. The quantitative estimate of drug-likeness (QED) is 0.482. The van der Waals surface area contributed by atoms with E-state index < -0.39 is 33.7 Å². The number of piperazine rings is 1. The molecule has 0 atom stereocenters. The van der Waals surface area contributed by atoms with E-state index in [1.54, 1.807) is 0 Å². The molecule has 2 fully saturated rings. The fourth-order valence-electron chi connectivity index (χ4n) is 2.97. The Balaban J connectivity index is 1.65. The molecule has 11 heteroatoms. The van der Waals surface area contributed by atoms with Gasteiger partial charge < -0.3 is 4.90 Å². The summed E-state index contributed by atoms with van der Waals surface area (Å²) in [5.41, 5.74) is 0. The first-order valence-electron chi connectivity index (χ1n) is 7.95. The van der Waals surface area contributed by atoms with E-state index in [1.807, 2.05) is 0 Å². The van der Waals surface area contributed by atoms with Gasteiger partial charge in [0, 0.05) is 7.05 Å². The van der Waals surface area contributed by atoms with Crippen LogP contribution in [0.15, 0.2) is 29.2 Å². The van der Waals surface area contributed by atoms with Crippen LogP contribution in [0.3, 0.4) is 0 Å². The van der Waals surface area contributed by atoms with Gasteiger partial charge in [0.05, 0.1) is 26.2 Å². The molecule has 0 spiro atoms. The molecule has 4 amide bonds. The topological polar surface area (TPSA) is 99.5 Å². The van der Waals surface area contributed by atoms with Gasteiger partial charge in [-0.05, 0) is 12.1 Å². The minimum Gasteiger partial charge on any atom is -0.315 e. The molecule has 2 heterocycles. The van der Waals surface area contributed by atoms with Crippen LogP contribution in [-0.4, -0.2) is 80.3 Å². The van der Waals surface area contributed by atoms with Crippen LogP contribution in [0.4, 0.5) is 9.18 Å². The summed E-state index contributed by atoms with van der Waals surface area (Å²) in [7, 11) is -2.71. The Bertz CT molecular complexity index is 867. The predicted octanol–water partition coefficient (Wildman–Crippen LogP) is -1.91. The average Bonchev–Trinajstić information content (AvgIpc) is 2.80. The fraction of sp³-hybridized carbons (Fsp3) is 0.400. The number of imide groups is 2. The minimum atomic E-state index is -3.95. The minimum absolute atomic E-state index is 0.0126. The number of quaternary nitrogens is 1. The molecule has 2 saturated heterocycles. The largest absolute Gasteiger partial charge is 0.338 e. The molecule has 0 radical (unpaired) electrons. The number of likely N-dealkylation sites (N-methyl/N-ethyl adjacent to an activating group) is 1. The molecule has 0 aromatic heterocycles. The second kappa shape index (κ2) is 6.74. The van der Waals surface area contributed by atoms with Crippen molar-refractivity contribution in [2.75, 3.05) is 39.9 Å². The van der Waals surface area contributed by atoms with Crippen molar-refractivity contribution in [1.82, 2.24) is 14.1 Å². The van der Waals surface area contributed by atoms with Crippen LogP contribution in [0.25, 0.3) is 0 Å². The van der Waals surface area contributed by atoms with Crippen LogP contribution >= 0.6 is 0 Å². The number of nitrogens with zero attached hydrogens (tertiary/aromatic N) is 3. The Morgan fingerprint density at radius 1 is 1.08 bits per heavy atom. The zero-order valence-electron chi connectivity index (χ0n) is 14.0. The zero-order chi connectivity index (χ0) is 19.1. The van der Waals surface area contributed by atoms with Crippen molar-refractivity contribution >= 4 is 27.9 Å². The first-order valence-corrected chi connectivity index (χ1v) is 9.39. The van der Waals surface area contributed by atoms with Crippen molar-refractivity contribution in [1.29, 1.82) is 0 Å². The monoisotopic (exact) mass is 385 g/mol. The molecule has 1 N–H and O–H groups in total. The van der Waals surface area contributed by atoms with Crippen LogP contribution in [0, 0.1) is 5.82 Å². The number of benzene rings is 1. The van der Waals surface area contributed by atoms with Gasteiger partial charge in [0.2, 0.25) is 10.0 Å². The van der Waals surface area contributed by atoms with Crippen LogP contribution in [0.1, 0.15) is 0 Å². The van der Waals surface area contributed by atoms with Crippen molar-refractivity contribution < 1.29 is 32.1 Å². The lowest BCUT2D eigenvalue weighted by Crippen LogP contribution is -3.16. The van der Waals surface area contributed by atoms with E-state index in [9.17, 15) is 27.2 Å². The van der Waals surface area contributed by atoms with Gasteiger partial charge in [-0.15, -0.1) is 0 Å². The summed E-state index contributed by atoms with van der Waals surface area (Å²) in [5, 5.41) is 0. The SMILES string of the molecule is CN1C(=O)C(=O)N(C[NH+]2CCN(S(=O)(=O)c3ccccc3F)CC2)C1=O. The molecule has 0 saturated carbocycles. The van der Waals surface area contributed by atoms with E-state index in [0.29, 0.717) is 13.1 Å². The predicted molar refractivity (Wildman–Crippen MR) is 85.7 cm³/mol. The fourth-order valence-corrected chi connectivity index (χ4v) is 4.48. The molecule has 0 unspecified atom stereocenters. The first kappa shape index (κ1) is 18.4. The van der Waals surface area contributed by atoms with E-state index in [4.69, 9.17) is 0 Å². The van der Waals surface area contributed by atoms with Gasteiger partial charge in [0.1, 0.15) is 10.7 Å². The number of rotatable bonds is 4. The lowest BCUT2D eigenvalue weighted by Gasteiger charge is -2.32. The van der Waals surface area contributed by atoms with Crippen LogP contribution in [0.2, 0.25) is 0 Å². The summed E-state index contributed by atoms with van der Waals surface area (Å²) >= 11 is 0. The van der Waals surface area contributed by atoms with Gasteiger partial charge in [-0.2, -0.15) is 4.31 Å². The number of carbonyl (C=O) groups is 3. The third kappa shape index (κ3) is 3.08. The molecule has 26 heavy (non-hydrogen) atoms. The number of hydrogen-bond acceptors (Lipinski definition) is 5. The highest BCUT2D eigenvalue weighted by atomic mass is 32.2. The van der Waals surface area contributed by atoms with E-state index in [-0.39, 0.29) is 24.7 Å². The first-order chi connectivity index (χ1) is 12.2. The Hall–Kier alpha value is -2.37. The molecule has 140 valence electrons. The van der Waals surface area contributed by atoms with E-state index >= 15 is 0 Å². The smallest absolute Gasteiger partial charge is 0.315 e. The molecule has 9 nitrogen and oxygen atoms in total. The number of sulfonamides is 1. The normalized spacial score (nSPS) is 20.3. The Morgan fingerprint density at radius 3 is 2.23 bits per heavy atom. The molecule has 0 bridgehead atoms. The van der Waals surface area contributed by atoms with E-state index in [1.165, 1.54) is 29.6 Å². The van der Waals surface area contributed by atoms with Crippen molar-refractivity contribution in [3.63, 3.8) is 0 Å². The lowest BCUT2D eigenvalue weighted by molar-refractivity contribution is -0.910. The third-order valence-electron chi connectivity index (χ3n) is 4.52. The van der Waals surface area contributed by atoms with Crippen LogP contribution in [0.5, 0.6) is 0 Å². The molecule has 3 rings (SSSR count). The summed E-state index contributed by atoms with van der Waals surface area (Å²) in [4.78, 5) is 37.2. The second-order valence-corrected chi connectivity index (χ2v) is 8.03. The van der Waals surface area contributed by atoms with Gasteiger partial charge >= 0.3 is 17.8 Å². The Labute approximate surface area is 149 Å². The Kier molecular flexibility index (Phi) is 4.78. The average molecular weight is 385 g/mol. The van der Waals surface area contributed by atoms with E-state index in [0.717, 1.165) is 20.8 Å². The third-order valence-corrected chi connectivity index (χ3v) is 6.45. The Morgan fingerprint density at radius 2 is 1.69 bits per heavy atom. The number of hydrogen-bond donors (Lipinski definition) is 1. The summed E-state index contributed by atoms with van der Waals surface area (Å²) in [6, 6.07) is 4.49. The molecule has 2 aliphatic rings. The standard InChI is InChI=1S/C15H17FN4O5S/c1-17-13(21)14(22)20(15(17)23)10-18-6-8-19(9-7-18)26(24,25)12-5-3-2-4-11(12)16/h2-5H,6-10H2,1H3/p+1. The van der Waals surface area contributed by atoms with Crippen LogP contribution in [-0.2, 0) is 19.6 Å². The van der Waals surface area contributed by atoms with Gasteiger partial charge in [0.15, 0.2) is 6.67 Å². The molecule has 0 aliphatic carbocycles. The summed E-state index contributed by atoms with van der Waals surface area (Å²) in [6.07, 6.45) is 0. The van der Waals surface area contributed by atoms with Gasteiger partial charge in [0.25, 0.3) is 0 Å². The maximum Gasteiger partial charge on any atom is 0.338 e. The summed E-state index contributed by atoms with van der Waals surface area (Å²) in [5.74, 6) is -2.57. The van der Waals surface area contributed by atoms with Crippen molar-refractivity contribution in [3.8, 4) is 0 Å².